The Balaban J connectivity index is 2.18. The molecule has 1 heterocycles. The summed E-state index contributed by atoms with van der Waals surface area (Å²) in [5, 5.41) is 27.7. The molecule has 2 rings (SSSR count). The van der Waals surface area contributed by atoms with Crippen molar-refractivity contribution in [1.82, 2.24) is 9.78 Å². The molecule has 0 saturated carbocycles. The molecule has 0 aliphatic carbocycles. The van der Waals surface area contributed by atoms with Crippen LogP contribution in [0.1, 0.15) is 5.69 Å². The van der Waals surface area contributed by atoms with Gasteiger partial charge >= 0.3 is 6.18 Å². The average Bonchev–Trinajstić information content (AvgIpc) is 2.99. The first-order chi connectivity index (χ1) is 10.4. The predicted molar refractivity (Wildman–Crippen MR) is 68.1 cm³/mol. The third kappa shape index (κ3) is 3.46. The first kappa shape index (κ1) is 15.2. The summed E-state index contributed by atoms with van der Waals surface area (Å²) in [5.41, 5.74) is -0.212. The molecule has 0 fully saturated rings. The van der Waals surface area contributed by atoms with E-state index in [2.05, 4.69) is 15.3 Å². The summed E-state index contributed by atoms with van der Waals surface area (Å²) in [6.07, 6.45) is -3.30. The molecule has 0 aliphatic rings. The number of alkyl halides is 3. The summed E-state index contributed by atoms with van der Waals surface area (Å²) in [6, 6.07) is 8.91. The lowest BCUT2D eigenvalue weighted by atomic mass is 10.3. The standard InChI is InChI=1S/C13H7F3N6/c14-13(15,16)12-5-6-22(21-12)11-3-1-9(2-4-11)19-20-10(7-17)8-18/h1-6,10H. The summed E-state index contributed by atoms with van der Waals surface area (Å²) in [4.78, 5) is 0. The van der Waals surface area contributed by atoms with Crippen molar-refractivity contribution in [3.63, 3.8) is 0 Å². The predicted octanol–water partition coefficient (Wildman–Crippen LogP) is 3.39. The van der Waals surface area contributed by atoms with Crippen molar-refractivity contribution in [2.75, 3.05) is 0 Å². The van der Waals surface area contributed by atoms with Gasteiger partial charge < -0.3 is 0 Å². The molecule has 0 N–H and O–H groups in total. The Morgan fingerprint density at radius 3 is 2.23 bits per heavy atom. The van der Waals surface area contributed by atoms with E-state index in [-0.39, 0.29) is 0 Å². The molecule has 0 amide bonds. The first-order valence-electron chi connectivity index (χ1n) is 5.87. The lowest BCUT2D eigenvalue weighted by molar-refractivity contribution is -0.141. The Bertz CT molecular complexity index is 747. The van der Waals surface area contributed by atoms with Gasteiger partial charge in [-0.25, -0.2) is 4.68 Å². The van der Waals surface area contributed by atoms with Gasteiger partial charge in [-0.3, -0.25) is 0 Å². The highest BCUT2D eigenvalue weighted by molar-refractivity contribution is 5.44. The summed E-state index contributed by atoms with van der Waals surface area (Å²) in [7, 11) is 0. The highest BCUT2D eigenvalue weighted by Crippen LogP contribution is 2.28. The van der Waals surface area contributed by atoms with E-state index in [4.69, 9.17) is 10.5 Å². The first-order valence-corrected chi connectivity index (χ1v) is 5.87. The lowest BCUT2D eigenvalue weighted by Gasteiger charge is -2.03. The molecular formula is C13H7F3N6. The van der Waals surface area contributed by atoms with E-state index in [1.807, 2.05) is 0 Å². The quantitative estimate of drug-likeness (QED) is 0.814. The van der Waals surface area contributed by atoms with Crippen LogP contribution in [0.2, 0.25) is 0 Å². The van der Waals surface area contributed by atoms with Crippen LogP contribution in [-0.4, -0.2) is 15.8 Å². The Kier molecular flexibility index (Phi) is 4.18. The van der Waals surface area contributed by atoms with Gasteiger partial charge in [-0.1, -0.05) is 0 Å². The van der Waals surface area contributed by atoms with Crippen LogP contribution in [0.15, 0.2) is 46.8 Å². The zero-order valence-corrected chi connectivity index (χ0v) is 10.9. The van der Waals surface area contributed by atoms with Gasteiger partial charge in [-0.2, -0.15) is 39.0 Å². The monoisotopic (exact) mass is 304 g/mol. The lowest BCUT2D eigenvalue weighted by Crippen LogP contribution is -2.07. The smallest absolute Gasteiger partial charge is 0.240 e. The van der Waals surface area contributed by atoms with Crippen LogP contribution in [0.25, 0.3) is 5.69 Å². The van der Waals surface area contributed by atoms with Crippen LogP contribution in [0.4, 0.5) is 18.9 Å². The summed E-state index contributed by atoms with van der Waals surface area (Å²) >= 11 is 0. The summed E-state index contributed by atoms with van der Waals surface area (Å²) in [5.74, 6) is 0. The fraction of sp³-hybridized carbons (Fsp3) is 0.154. The topological polar surface area (TPSA) is 90.1 Å². The Morgan fingerprint density at radius 1 is 1.09 bits per heavy atom. The van der Waals surface area contributed by atoms with E-state index >= 15 is 0 Å². The number of rotatable bonds is 3. The molecule has 0 aliphatic heterocycles. The van der Waals surface area contributed by atoms with Crippen molar-refractivity contribution in [2.24, 2.45) is 10.2 Å². The molecule has 2 aromatic rings. The van der Waals surface area contributed by atoms with Crippen LogP contribution < -0.4 is 0 Å². The largest absolute Gasteiger partial charge is 0.435 e. The highest BCUT2D eigenvalue weighted by atomic mass is 19.4. The van der Waals surface area contributed by atoms with Crippen LogP contribution in [-0.2, 0) is 6.18 Å². The molecule has 0 bridgehead atoms. The second-order valence-corrected chi connectivity index (χ2v) is 4.04. The fourth-order valence-electron chi connectivity index (χ4n) is 1.50. The zero-order valence-electron chi connectivity index (χ0n) is 10.9. The fourth-order valence-corrected chi connectivity index (χ4v) is 1.50. The van der Waals surface area contributed by atoms with E-state index in [1.165, 1.54) is 30.5 Å². The number of benzene rings is 1. The highest BCUT2D eigenvalue weighted by Gasteiger charge is 2.33. The Hall–Kier alpha value is -3.20. The summed E-state index contributed by atoms with van der Waals surface area (Å²) in [6.45, 7) is 0. The van der Waals surface area contributed by atoms with Gasteiger partial charge in [-0.15, -0.1) is 0 Å². The van der Waals surface area contributed by atoms with Crippen molar-refractivity contribution < 1.29 is 13.2 Å². The molecule has 0 atom stereocenters. The Morgan fingerprint density at radius 2 is 1.73 bits per heavy atom. The zero-order chi connectivity index (χ0) is 16.2. The third-order valence-corrected chi connectivity index (χ3v) is 2.53. The van der Waals surface area contributed by atoms with Gasteiger partial charge in [0.25, 0.3) is 0 Å². The van der Waals surface area contributed by atoms with Crippen molar-refractivity contribution >= 4 is 5.69 Å². The molecule has 1 aromatic heterocycles. The molecule has 9 heteroatoms. The number of halogens is 3. The maximum atomic E-state index is 12.5. The van der Waals surface area contributed by atoms with Crippen LogP contribution in [0.5, 0.6) is 0 Å². The van der Waals surface area contributed by atoms with E-state index in [0.717, 1.165) is 10.7 Å². The maximum absolute atomic E-state index is 12.5. The number of azo groups is 1. The molecule has 0 radical (unpaired) electrons. The van der Waals surface area contributed by atoms with Gasteiger partial charge in [0, 0.05) is 6.20 Å². The van der Waals surface area contributed by atoms with Gasteiger partial charge in [0.05, 0.1) is 11.4 Å². The molecule has 110 valence electrons. The number of hydrogen-bond acceptors (Lipinski definition) is 5. The summed E-state index contributed by atoms with van der Waals surface area (Å²) < 4.78 is 38.5. The van der Waals surface area contributed by atoms with E-state index in [1.54, 1.807) is 12.1 Å². The number of aromatic nitrogens is 2. The van der Waals surface area contributed by atoms with Crippen molar-refractivity contribution in [1.29, 1.82) is 10.5 Å². The van der Waals surface area contributed by atoms with E-state index in [0.29, 0.717) is 11.4 Å². The molecule has 0 saturated heterocycles. The SMILES string of the molecule is N#CC(C#N)N=Nc1ccc(-n2ccc(C(F)(F)F)n2)cc1. The molecule has 1 aromatic carbocycles. The van der Waals surface area contributed by atoms with Crippen LogP contribution in [0, 0.1) is 22.7 Å². The van der Waals surface area contributed by atoms with Gasteiger partial charge in [-0.05, 0) is 30.3 Å². The maximum Gasteiger partial charge on any atom is 0.435 e. The molecular weight excluding hydrogens is 297 g/mol. The minimum Gasteiger partial charge on any atom is -0.240 e. The van der Waals surface area contributed by atoms with Crippen molar-refractivity contribution in [3.8, 4) is 17.8 Å². The number of hydrogen-bond donors (Lipinski definition) is 0. The second-order valence-electron chi connectivity index (χ2n) is 4.04. The Labute approximate surface area is 122 Å². The molecule has 0 spiro atoms. The van der Waals surface area contributed by atoms with Crippen molar-refractivity contribution in [2.45, 2.75) is 12.2 Å². The third-order valence-electron chi connectivity index (χ3n) is 2.53. The van der Waals surface area contributed by atoms with Crippen LogP contribution >= 0.6 is 0 Å². The van der Waals surface area contributed by atoms with Gasteiger partial charge in [0.15, 0.2) is 5.69 Å². The minimum absolute atomic E-state index is 0.363. The average molecular weight is 304 g/mol. The minimum atomic E-state index is -4.50. The second kappa shape index (κ2) is 6.06. The number of nitriles is 2. The molecule has 0 unspecified atom stereocenters. The van der Waals surface area contributed by atoms with Crippen LogP contribution in [0.3, 0.4) is 0 Å². The molecule has 22 heavy (non-hydrogen) atoms. The number of nitrogens with zero attached hydrogens (tertiary/aromatic N) is 6. The van der Waals surface area contributed by atoms with Gasteiger partial charge in [0.1, 0.15) is 12.1 Å². The normalized spacial score (nSPS) is 11.5. The van der Waals surface area contributed by atoms with Crippen molar-refractivity contribution in [3.05, 3.63) is 42.2 Å². The van der Waals surface area contributed by atoms with E-state index < -0.39 is 17.9 Å². The van der Waals surface area contributed by atoms with E-state index in [9.17, 15) is 13.2 Å². The van der Waals surface area contributed by atoms with Gasteiger partial charge in [0.2, 0.25) is 6.04 Å². The molecule has 6 nitrogen and oxygen atoms in total.